The predicted molar refractivity (Wildman–Crippen MR) is 110 cm³/mol. The Labute approximate surface area is 177 Å². The SMILES string of the molecule is O[C@@H]1CN(c2ccc(Cl)cc2F)CC[C@@]1(O)COc1ccc(Cl)c2c1OCCN2. The predicted octanol–water partition coefficient (Wildman–Crippen LogP) is 3.32. The Kier molecular flexibility index (Phi) is 5.66. The van der Waals surface area contributed by atoms with Gasteiger partial charge in [-0.1, -0.05) is 23.2 Å². The average molecular weight is 443 g/mol. The molecule has 29 heavy (non-hydrogen) atoms. The van der Waals surface area contributed by atoms with Gasteiger partial charge in [-0.25, -0.2) is 4.39 Å². The molecule has 2 heterocycles. The summed E-state index contributed by atoms with van der Waals surface area (Å²) in [5.41, 5.74) is -0.493. The lowest BCUT2D eigenvalue weighted by molar-refractivity contribution is -0.109. The normalized spacial score (nSPS) is 23.8. The highest BCUT2D eigenvalue weighted by Gasteiger charge is 2.42. The van der Waals surface area contributed by atoms with Crippen LogP contribution in [0, 0.1) is 5.82 Å². The molecule has 3 N–H and O–H groups in total. The molecule has 4 rings (SSSR count). The highest BCUT2D eigenvalue weighted by Crippen LogP contribution is 2.42. The minimum Gasteiger partial charge on any atom is -0.487 e. The second-order valence-corrected chi connectivity index (χ2v) is 8.07. The number of rotatable bonds is 4. The molecule has 2 aromatic carbocycles. The third-order valence-electron chi connectivity index (χ3n) is 5.28. The van der Waals surface area contributed by atoms with Crippen molar-refractivity contribution in [3.8, 4) is 11.5 Å². The monoisotopic (exact) mass is 442 g/mol. The number of hydrogen-bond donors (Lipinski definition) is 3. The van der Waals surface area contributed by atoms with Gasteiger partial charge in [0.05, 0.1) is 16.4 Å². The number of nitrogens with one attached hydrogen (secondary N) is 1. The zero-order valence-corrected chi connectivity index (χ0v) is 17.0. The van der Waals surface area contributed by atoms with Crippen molar-refractivity contribution in [3.63, 3.8) is 0 Å². The quantitative estimate of drug-likeness (QED) is 0.674. The van der Waals surface area contributed by atoms with Crippen molar-refractivity contribution in [2.24, 2.45) is 0 Å². The van der Waals surface area contributed by atoms with Crippen LogP contribution in [0.25, 0.3) is 0 Å². The summed E-state index contributed by atoms with van der Waals surface area (Å²) < 4.78 is 25.7. The maximum absolute atomic E-state index is 14.2. The van der Waals surface area contributed by atoms with Gasteiger partial charge in [-0.15, -0.1) is 0 Å². The second-order valence-electron chi connectivity index (χ2n) is 7.22. The zero-order valence-electron chi connectivity index (χ0n) is 15.5. The lowest BCUT2D eigenvalue weighted by Gasteiger charge is -2.42. The molecule has 2 aliphatic heterocycles. The summed E-state index contributed by atoms with van der Waals surface area (Å²) in [4.78, 5) is 1.68. The van der Waals surface area contributed by atoms with Crippen molar-refractivity contribution < 1.29 is 24.1 Å². The Morgan fingerprint density at radius 2 is 2.14 bits per heavy atom. The molecule has 2 aliphatic rings. The molecule has 0 unspecified atom stereocenters. The molecular formula is C20H21Cl2FN2O4. The van der Waals surface area contributed by atoms with Crippen LogP contribution in [0.15, 0.2) is 30.3 Å². The van der Waals surface area contributed by atoms with Gasteiger partial charge in [0, 0.05) is 24.7 Å². The molecule has 0 amide bonds. The van der Waals surface area contributed by atoms with Crippen LogP contribution in [-0.4, -0.2) is 54.8 Å². The standard InChI is InChI=1S/C20H21Cl2FN2O4/c21-12-1-3-15(14(23)9-12)25-7-5-20(27,17(26)10-25)11-29-16-4-2-13(22)18-19(16)28-8-6-24-18/h1-4,9,17,24,26-27H,5-8,10-11H2/t17-,20-/m1/s1. The van der Waals surface area contributed by atoms with Gasteiger partial charge in [-0.2, -0.15) is 0 Å². The van der Waals surface area contributed by atoms with Gasteiger partial charge in [0.15, 0.2) is 11.5 Å². The second kappa shape index (κ2) is 8.07. The number of piperidine rings is 1. The summed E-state index contributed by atoms with van der Waals surface area (Å²) >= 11 is 12.0. The summed E-state index contributed by atoms with van der Waals surface area (Å²) in [6.45, 7) is 1.39. The number of ether oxygens (including phenoxy) is 2. The fraction of sp³-hybridized carbons (Fsp3) is 0.400. The lowest BCUT2D eigenvalue weighted by atomic mass is 9.89. The van der Waals surface area contributed by atoms with E-state index in [-0.39, 0.29) is 19.6 Å². The molecule has 0 saturated carbocycles. The van der Waals surface area contributed by atoms with Crippen LogP contribution in [0.1, 0.15) is 6.42 Å². The van der Waals surface area contributed by atoms with Crippen LogP contribution in [0.5, 0.6) is 11.5 Å². The van der Waals surface area contributed by atoms with E-state index in [4.69, 9.17) is 32.7 Å². The number of β-amino-alcohol motifs (C(OH)–C–C–N with tert-alkyl or cyclic N) is 1. The smallest absolute Gasteiger partial charge is 0.185 e. The molecule has 0 aliphatic carbocycles. The van der Waals surface area contributed by atoms with Gasteiger partial charge in [0.2, 0.25) is 0 Å². The molecule has 156 valence electrons. The number of anilines is 2. The lowest BCUT2D eigenvalue weighted by Crippen LogP contribution is -2.58. The molecule has 0 bridgehead atoms. The summed E-state index contributed by atoms with van der Waals surface area (Å²) in [6.07, 6.45) is -0.931. The Hall–Kier alpha value is -1.93. The van der Waals surface area contributed by atoms with Gasteiger partial charge in [-0.3, -0.25) is 0 Å². The number of aliphatic hydroxyl groups is 2. The molecule has 9 heteroatoms. The highest BCUT2D eigenvalue weighted by molar-refractivity contribution is 6.33. The van der Waals surface area contributed by atoms with Crippen LogP contribution < -0.4 is 19.7 Å². The van der Waals surface area contributed by atoms with Crippen LogP contribution >= 0.6 is 23.2 Å². The van der Waals surface area contributed by atoms with Crippen molar-refractivity contribution in [2.75, 3.05) is 43.1 Å². The summed E-state index contributed by atoms with van der Waals surface area (Å²) in [5.74, 6) is 0.453. The first-order valence-corrected chi connectivity index (χ1v) is 10.1. The number of aliphatic hydroxyl groups excluding tert-OH is 1. The maximum Gasteiger partial charge on any atom is 0.185 e. The summed E-state index contributed by atoms with van der Waals surface area (Å²) in [7, 11) is 0. The van der Waals surface area contributed by atoms with Crippen molar-refractivity contribution in [1.29, 1.82) is 0 Å². The average Bonchev–Trinajstić information content (AvgIpc) is 2.70. The minimum absolute atomic E-state index is 0.0647. The number of benzene rings is 2. The van der Waals surface area contributed by atoms with Gasteiger partial charge >= 0.3 is 0 Å². The van der Waals surface area contributed by atoms with E-state index in [1.807, 2.05) is 0 Å². The van der Waals surface area contributed by atoms with Gasteiger partial charge in [-0.05, 0) is 36.8 Å². The summed E-state index contributed by atoms with van der Waals surface area (Å²) in [6, 6.07) is 7.74. The van der Waals surface area contributed by atoms with Crippen LogP contribution in [-0.2, 0) is 0 Å². The maximum atomic E-state index is 14.2. The third-order valence-corrected chi connectivity index (χ3v) is 5.83. The highest BCUT2D eigenvalue weighted by atomic mass is 35.5. The Bertz CT molecular complexity index is 916. The van der Waals surface area contributed by atoms with Gasteiger partial charge < -0.3 is 29.9 Å². The third kappa shape index (κ3) is 4.05. The molecule has 1 saturated heterocycles. The molecule has 2 aromatic rings. The van der Waals surface area contributed by atoms with E-state index < -0.39 is 17.5 Å². The van der Waals surface area contributed by atoms with Crippen molar-refractivity contribution >= 4 is 34.6 Å². The summed E-state index contributed by atoms with van der Waals surface area (Å²) in [5, 5.41) is 25.5. The van der Waals surface area contributed by atoms with E-state index in [1.54, 1.807) is 29.2 Å². The first-order chi connectivity index (χ1) is 13.9. The fourth-order valence-electron chi connectivity index (χ4n) is 3.58. The minimum atomic E-state index is -1.48. The topological polar surface area (TPSA) is 74.2 Å². The van der Waals surface area contributed by atoms with E-state index >= 15 is 0 Å². The van der Waals surface area contributed by atoms with E-state index in [2.05, 4.69) is 5.32 Å². The van der Waals surface area contributed by atoms with Gasteiger partial charge in [0.1, 0.15) is 30.7 Å². The van der Waals surface area contributed by atoms with Crippen molar-refractivity contribution in [1.82, 2.24) is 0 Å². The van der Waals surface area contributed by atoms with Gasteiger partial charge in [0.25, 0.3) is 0 Å². The Balaban J connectivity index is 1.45. The molecule has 6 nitrogen and oxygen atoms in total. The molecule has 0 spiro atoms. The van der Waals surface area contributed by atoms with E-state index in [0.29, 0.717) is 52.6 Å². The molecule has 1 fully saturated rings. The van der Waals surface area contributed by atoms with Crippen LogP contribution in [0.3, 0.4) is 0 Å². The number of hydrogen-bond acceptors (Lipinski definition) is 6. The van der Waals surface area contributed by atoms with Crippen molar-refractivity contribution in [2.45, 2.75) is 18.1 Å². The zero-order chi connectivity index (χ0) is 20.6. The van der Waals surface area contributed by atoms with E-state index in [0.717, 1.165) is 0 Å². The molecule has 0 aromatic heterocycles. The molecular weight excluding hydrogens is 422 g/mol. The number of nitrogens with zero attached hydrogens (tertiary/aromatic N) is 1. The molecule has 0 radical (unpaired) electrons. The molecule has 2 atom stereocenters. The Morgan fingerprint density at radius 1 is 1.31 bits per heavy atom. The number of halogens is 3. The Morgan fingerprint density at radius 3 is 2.90 bits per heavy atom. The van der Waals surface area contributed by atoms with Crippen molar-refractivity contribution in [3.05, 3.63) is 46.2 Å². The van der Waals surface area contributed by atoms with Crippen LogP contribution in [0.2, 0.25) is 10.0 Å². The van der Waals surface area contributed by atoms with E-state index in [9.17, 15) is 14.6 Å². The van der Waals surface area contributed by atoms with Crippen LogP contribution in [0.4, 0.5) is 15.8 Å². The largest absolute Gasteiger partial charge is 0.487 e. The number of fused-ring (bicyclic) bond motifs is 1. The first kappa shape index (κ1) is 20.3. The van der Waals surface area contributed by atoms with E-state index in [1.165, 1.54) is 6.07 Å². The fourth-order valence-corrected chi connectivity index (χ4v) is 3.96. The first-order valence-electron chi connectivity index (χ1n) is 9.30.